The van der Waals surface area contributed by atoms with Crippen LogP contribution in [0.5, 0.6) is 0 Å². The molecule has 4 amide bonds. The number of carbonyl (C=O) groups is 3. The minimum Gasteiger partial charge on any atom is -0.331 e. The smallest absolute Gasteiger partial charge is 0.319 e. The second-order valence-corrected chi connectivity index (χ2v) is 7.59. The van der Waals surface area contributed by atoms with Crippen molar-refractivity contribution in [3.63, 3.8) is 0 Å². The number of nitrogens with one attached hydrogen (secondary N) is 4. The van der Waals surface area contributed by atoms with Crippen LogP contribution in [0.1, 0.15) is 35.1 Å². The maximum Gasteiger partial charge on any atom is 0.319 e. The van der Waals surface area contributed by atoms with Gasteiger partial charge in [0.2, 0.25) is 5.91 Å². The molecule has 7 nitrogen and oxygen atoms in total. The summed E-state index contributed by atoms with van der Waals surface area (Å²) >= 11 is 1.36. The molecule has 1 heterocycles. The SMILES string of the molecule is CC(=O)Nc1cccc(C(C)NC(=O)Nc2cccc(NC(=O)c3cccs3)c2)c1. The summed E-state index contributed by atoms with van der Waals surface area (Å²) in [6, 6.07) is 17.1. The molecule has 0 saturated heterocycles. The number of rotatable bonds is 6. The Bertz CT molecular complexity index is 1050. The average molecular weight is 423 g/mol. The van der Waals surface area contributed by atoms with Gasteiger partial charge in [-0.15, -0.1) is 11.3 Å². The van der Waals surface area contributed by atoms with Crippen LogP contribution in [0.15, 0.2) is 66.0 Å². The fraction of sp³-hybridized carbons (Fsp3) is 0.136. The van der Waals surface area contributed by atoms with E-state index in [0.29, 0.717) is 21.9 Å². The van der Waals surface area contributed by atoms with E-state index in [2.05, 4.69) is 21.3 Å². The number of anilines is 3. The van der Waals surface area contributed by atoms with E-state index in [1.165, 1.54) is 18.3 Å². The van der Waals surface area contributed by atoms with E-state index in [1.807, 2.05) is 36.6 Å². The lowest BCUT2D eigenvalue weighted by Gasteiger charge is -2.16. The molecule has 0 aliphatic carbocycles. The van der Waals surface area contributed by atoms with Gasteiger partial charge in [-0.3, -0.25) is 9.59 Å². The quantitative estimate of drug-likeness (QED) is 0.457. The molecule has 3 aromatic rings. The number of thiophene rings is 1. The van der Waals surface area contributed by atoms with Gasteiger partial charge >= 0.3 is 6.03 Å². The topological polar surface area (TPSA) is 99.3 Å². The van der Waals surface area contributed by atoms with Gasteiger partial charge in [0.05, 0.1) is 10.9 Å². The summed E-state index contributed by atoms with van der Waals surface area (Å²) in [6.45, 7) is 3.29. The minimum absolute atomic E-state index is 0.156. The van der Waals surface area contributed by atoms with Crippen molar-refractivity contribution in [1.29, 1.82) is 0 Å². The molecular formula is C22H22N4O3S. The predicted molar refractivity (Wildman–Crippen MR) is 120 cm³/mol. The van der Waals surface area contributed by atoms with Gasteiger partial charge < -0.3 is 21.3 Å². The largest absolute Gasteiger partial charge is 0.331 e. The monoisotopic (exact) mass is 422 g/mol. The van der Waals surface area contributed by atoms with Crippen LogP contribution < -0.4 is 21.3 Å². The van der Waals surface area contributed by atoms with E-state index in [4.69, 9.17) is 0 Å². The van der Waals surface area contributed by atoms with E-state index in [1.54, 1.807) is 36.4 Å². The lowest BCUT2D eigenvalue weighted by atomic mass is 10.1. The molecule has 1 atom stereocenters. The molecule has 3 rings (SSSR count). The van der Waals surface area contributed by atoms with Crippen molar-refractivity contribution >= 4 is 46.2 Å². The Labute approximate surface area is 178 Å². The summed E-state index contributed by atoms with van der Waals surface area (Å²) in [6.07, 6.45) is 0. The maximum atomic E-state index is 12.4. The van der Waals surface area contributed by atoms with Crippen LogP contribution in [-0.4, -0.2) is 17.8 Å². The van der Waals surface area contributed by atoms with Crippen LogP contribution in [0.3, 0.4) is 0 Å². The molecule has 8 heteroatoms. The normalized spacial score (nSPS) is 11.3. The predicted octanol–water partition coefficient (Wildman–Crippen LogP) is 4.84. The number of hydrogen-bond acceptors (Lipinski definition) is 4. The Balaban J connectivity index is 1.59. The van der Waals surface area contributed by atoms with Crippen LogP contribution in [0.4, 0.5) is 21.9 Å². The van der Waals surface area contributed by atoms with Crippen molar-refractivity contribution in [2.75, 3.05) is 16.0 Å². The maximum absolute atomic E-state index is 12.4. The molecule has 0 saturated carbocycles. The van der Waals surface area contributed by atoms with Crippen molar-refractivity contribution in [2.45, 2.75) is 19.9 Å². The highest BCUT2D eigenvalue weighted by molar-refractivity contribution is 7.12. The Kier molecular flexibility index (Phi) is 6.82. The Morgan fingerprint density at radius 2 is 1.50 bits per heavy atom. The molecule has 30 heavy (non-hydrogen) atoms. The molecule has 0 fully saturated rings. The van der Waals surface area contributed by atoms with E-state index in [9.17, 15) is 14.4 Å². The number of amides is 4. The Morgan fingerprint density at radius 1 is 0.833 bits per heavy atom. The Hall–Kier alpha value is -3.65. The second-order valence-electron chi connectivity index (χ2n) is 6.64. The molecule has 2 aromatic carbocycles. The molecule has 0 spiro atoms. The lowest BCUT2D eigenvalue weighted by Crippen LogP contribution is -2.31. The van der Waals surface area contributed by atoms with Crippen LogP contribution in [-0.2, 0) is 4.79 Å². The molecule has 0 radical (unpaired) electrons. The highest BCUT2D eigenvalue weighted by Crippen LogP contribution is 2.19. The summed E-state index contributed by atoms with van der Waals surface area (Å²) in [5.74, 6) is -0.351. The number of urea groups is 1. The van der Waals surface area contributed by atoms with Crippen LogP contribution >= 0.6 is 11.3 Å². The summed E-state index contributed by atoms with van der Waals surface area (Å²) < 4.78 is 0. The molecular weight excluding hydrogens is 400 g/mol. The van der Waals surface area contributed by atoms with E-state index >= 15 is 0 Å². The van der Waals surface area contributed by atoms with E-state index in [-0.39, 0.29) is 23.9 Å². The zero-order valence-corrected chi connectivity index (χ0v) is 17.4. The van der Waals surface area contributed by atoms with Gasteiger partial charge in [0.25, 0.3) is 5.91 Å². The second kappa shape index (κ2) is 9.71. The molecule has 4 N–H and O–H groups in total. The van der Waals surface area contributed by atoms with Crippen molar-refractivity contribution in [3.05, 3.63) is 76.5 Å². The first-order valence-corrected chi connectivity index (χ1v) is 10.2. The van der Waals surface area contributed by atoms with Gasteiger partial charge in [-0.1, -0.05) is 24.3 Å². The van der Waals surface area contributed by atoms with E-state index < -0.39 is 0 Å². The van der Waals surface area contributed by atoms with Crippen molar-refractivity contribution in [2.24, 2.45) is 0 Å². The average Bonchev–Trinajstić information content (AvgIpc) is 3.23. The summed E-state index contributed by atoms with van der Waals surface area (Å²) in [4.78, 5) is 36.4. The van der Waals surface area contributed by atoms with Gasteiger partial charge in [0.1, 0.15) is 0 Å². The van der Waals surface area contributed by atoms with Crippen molar-refractivity contribution in [1.82, 2.24) is 5.32 Å². The fourth-order valence-corrected chi connectivity index (χ4v) is 3.43. The molecule has 1 unspecified atom stereocenters. The van der Waals surface area contributed by atoms with Gasteiger partial charge in [-0.25, -0.2) is 4.79 Å². The molecule has 0 aliphatic rings. The first kappa shape index (κ1) is 21.1. The molecule has 0 bridgehead atoms. The molecule has 154 valence electrons. The van der Waals surface area contributed by atoms with Gasteiger partial charge in [0, 0.05) is 24.0 Å². The lowest BCUT2D eigenvalue weighted by molar-refractivity contribution is -0.114. The summed E-state index contributed by atoms with van der Waals surface area (Å²) in [7, 11) is 0. The fourth-order valence-electron chi connectivity index (χ4n) is 2.81. The third-order valence-corrected chi connectivity index (χ3v) is 5.05. The summed E-state index contributed by atoms with van der Waals surface area (Å²) in [5.41, 5.74) is 2.66. The highest BCUT2D eigenvalue weighted by Gasteiger charge is 2.12. The summed E-state index contributed by atoms with van der Waals surface area (Å²) in [5, 5.41) is 13.0. The van der Waals surface area contributed by atoms with Crippen molar-refractivity contribution in [3.8, 4) is 0 Å². The minimum atomic E-state index is -0.380. The number of hydrogen-bond donors (Lipinski definition) is 4. The van der Waals surface area contributed by atoms with Crippen LogP contribution in [0.25, 0.3) is 0 Å². The highest BCUT2D eigenvalue weighted by atomic mass is 32.1. The number of carbonyl (C=O) groups excluding carboxylic acids is 3. The third kappa shape index (κ3) is 5.92. The first-order valence-electron chi connectivity index (χ1n) is 9.30. The number of benzene rings is 2. The molecule has 1 aromatic heterocycles. The van der Waals surface area contributed by atoms with Crippen LogP contribution in [0, 0.1) is 0 Å². The van der Waals surface area contributed by atoms with Crippen LogP contribution in [0.2, 0.25) is 0 Å². The first-order chi connectivity index (χ1) is 14.4. The Morgan fingerprint density at radius 3 is 2.17 bits per heavy atom. The third-order valence-electron chi connectivity index (χ3n) is 4.18. The zero-order valence-electron chi connectivity index (χ0n) is 16.6. The molecule has 0 aliphatic heterocycles. The van der Waals surface area contributed by atoms with Gasteiger partial charge in [-0.05, 0) is 54.3 Å². The van der Waals surface area contributed by atoms with Gasteiger partial charge in [-0.2, -0.15) is 0 Å². The standard InChI is InChI=1S/C22H22N4O3S/c1-14(16-6-3-7-17(12-16)24-15(2)27)23-22(29)26-19-9-4-8-18(13-19)25-21(28)20-10-5-11-30-20/h3-14H,1-2H3,(H,24,27)(H,25,28)(H2,23,26,29). The van der Waals surface area contributed by atoms with E-state index in [0.717, 1.165) is 5.56 Å². The zero-order chi connectivity index (χ0) is 21.5. The van der Waals surface area contributed by atoms with Gasteiger partial charge in [0.15, 0.2) is 0 Å². The van der Waals surface area contributed by atoms with Crippen molar-refractivity contribution < 1.29 is 14.4 Å².